The topological polar surface area (TPSA) is 53.4 Å². The average molecular weight is 484 g/mol. The van der Waals surface area contributed by atoms with Crippen LogP contribution in [-0.2, 0) is 0 Å². The number of urea groups is 1. The molecule has 0 spiro atoms. The van der Waals surface area contributed by atoms with Crippen LogP contribution in [0.2, 0.25) is 0 Å². The van der Waals surface area contributed by atoms with Crippen molar-refractivity contribution in [2.45, 2.75) is 18.8 Å². The third-order valence-electron chi connectivity index (χ3n) is 7.56. The van der Waals surface area contributed by atoms with E-state index in [1.807, 2.05) is 41.4 Å². The Kier molecular flexibility index (Phi) is 6.15. The van der Waals surface area contributed by atoms with E-state index in [4.69, 9.17) is 0 Å². The highest BCUT2D eigenvalue weighted by atomic mass is 19.1. The second-order valence-corrected chi connectivity index (χ2v) is 9.71. The Morgan fingerprint density at radius 1 is 0.972 bits per heavy atom. The summed E-state index contributed by atoms with van der Waals surface area (Å²) in [6.07, 6.45) is 6.21. The Morgan fingerprint density at radius 2 is 1.81 bits per heavy atom. The third kappa shape index (κ3) is 4.46. The minimum Gasteiger partial charge on any atom is -0.336 e. The molecule has 0 atom stereocenters. The fourth-order valence-corrected chi connectivity index (χ4v) is 5.54. The van der Waals surface area contributed by atoms with E-state index in [9.17, 15) is 9.18 Å². The maximum atomic E-state index is 13.6. The lowest BCUT2D eigenvalue weighted by molar-refractivity contribution is 0.181. The number of pyridine rings is 1. The number of benzene rings is 2. The first-order valence-electron chi connectivity index (χ1n) is 12.7. The Bertz CT molecular complexity index is 1360. The molecule has 6 nitrogen and oxygen atoms in total. The smallest absolute Gasteiger partial charge is 0.317 e. The number of aromatic nitrogens is 2. The summed E-state index contributed by atoms with van der Waals surface area (Å²) in [6, 6.07) is 19.3. The van der Waals surface area contributed by atoms with Gasteiger partial charge in [0, 0.05) is 55.2 Å². The molecule has 2 aliphatic rings. The molecule has 2 aromatic carbocycles. The van der Waals surface area contributed by atoms with Gasteiger partial charge >= 0.3 is 6.03 Å². The molecule has 7 heteroatoms. The van der Waals surface area contributed by atoms with Crippen molar-refractivity contribution in [3.05, 3.63) is 84.4 Å². The Labute approximate surface area is 210 Å². The fraction of sp³-hybridized carbons (Fsp3) is 0.310. The molecule has 0 unspecified atom stereocenters. The van der Waals surface area contributed by atoms with E-state index in [0.29, 0.717) is 5.92 Å². The van der Waals surface area contributed by atoms with Gasteiger partial charge in [-0.25, -0.2) is 9.18 Å². The maximum absolute atomic E-state index is 13.6. The van der Waals surface area contributed by atoms with E-state index in [-0.39, 0.29) is 11.8 Å². The van der Waals surface area contributed by atoms with Crippen molar-refractivity contribution in [1.82, 2.24) is 24.7 Å². The predicted octanol–water partition coefficient (Wildman–Crippen LogP) is 5.04. The standard InChI is InChI=1S/C29H30FN5O/c30-23-5-7-24(8-6-23)35-20-26(25-19-22(4-9-28(25)35)27-3-1-2-12-31-27)21-10-14-33(15-11-21)17-18-34-16-13-32-29(34)36/h1-9,12,19-21H,10-11,13-18H2,(H,32,36). The minimum absolute atomic E-state index is 0.0576. The highest BCUT2D eigenvalue weighted by Gasteiger charge is 2.26. The molecule has 0 aliphatic carbocycles. The van der Waals surface area contributed by atoms with Gasteiger partial charge in [0.15, 0.2) is 0 Å². The first-order chi connectivity index (χ1) is 17.7. The summed E-state index contributed by atoms with van der Waals surface area (Å²) in [4.78, 5) is 20.8. The van der Waals surface area contributed by atoms with Gasteiger partial charge in [0.1, 0.15) is 5.82 Å². The SMILES string of the molecule is O=C1NCCN1CCN1CCC(c2cn(-c3ccc(F)cc3)c3ccc(-c4ccccn4)cc23)CC1. The van der Waals surface area contributed by atoms with Gasteiger partial charge in [-0.2, -0.15) is 0 Å². The lowest BCUT2D eigenvalue weighted by Crippen LogP contribution is -2.40. The normalized spacial score (nSPS) is 17.1. The number of carbonyl (C=O) groups is 1. The number of hydrogen-bond acceptors (Lipinski definition) is 3. The lowest BCUT2D eigenvalue weighted by atomic mass is 9.88. The number of likely N-dealkylation sites (tertiary alicyclic amines) is 1. The Hall–Kier alpha value is -3.71. The lowest BCUT2D eigenvalue weighted by Gasteiger charge is -2.32. The number of nitrogens with one attached hydrogen (secondary N) is 1. The molecule has 4 heterocycles. The third-order valence-corrected chi connectivity index (χ3v) is 7.56. The summed E-state index contributed by atoms with van der Waals surface area (Å²) >= 11 is 0. The van der Waals surface area contributed by atoms with Crippen LogP contribution in [-0.4, -0.2) is 64.7 Å². The molecule has 0 bridgehead atoms. The van der Waals surface area contributed by atoms with Gasteiger partial charge in [-0.3, -0.25) is 4.98 Å². The van der Waals surface area contributed by atoms with Crippen molar-refractivity contribution in [2.24, 2.45) is 0 Å². The van der Waals surface area contributed by atoms with E-state index < -0.39 is 0 Å². The van der Waals surface area contributed by atoms with Crippen molar-refractivity contribution in [1.29, 1.82) is 0 Å². The molecule has 184 valence electrons. The van der Waals surface area contributed by atoms with Crippen LogP contribution in [0.3, 0.4) is 0 Å². The van der Waals surface area contributed by atoms with E-state index in [0.717, 1.165) is 74.6 Å². The van der Waals surface area contributed by atoms with E-state index in [1.54, 1.807) is 0 Å². The quantitative estimate of drug-likeness (QED) is 0.418. The second-order valence-electron chi connectivity index (χ2n) is 9.71. The van der Waals surface area contributed by atoms with Crippen LogP contribution >= 0.6 is 0 Å². The van der Waals surface area contributed by atoms with Crippen LogP contribution < -0.4 is 5.32 Å². The summed E-state index contributed by atoms with van der Waals surface area (Å²) in [7, 11) is 0. The summed E-state index contributed by atoms with van der Waals surface area (Å²) in [5, 5.41) is 4.11. The zero-order valence-electron chi connectivity index (χ0n) is 20.2. The van der Waals surface area contributed by atoms with Crippen molar-refractivity contribution in [2.75, 3.05) is 39.3 Å². The minimum atomic E-state index is -0.230. The van der Waals surface area contributed by atoms with Gasteiger partial charge in [-0.15, -0.1) is 0 Å². The van der Waals surface area contributed by atoms with E-state index in [1.165, 1.54) is 23.1 Å². The fourth-order valence-electron chi connectivity index (χ4n) is 5.54. The summed E-state index contributed by atoms with van der Waals surface area (Å²) in [6.45, 7) is 5.29. The zero-order valence-corrected chi connectivity index (χ0v) is 20.2. The molecular weight excluding hydrogens is 453 g/mol. The van der Waals surface area contributed by atoms with Crippen molar-refractivity contribution >= 4 is 16.9 Å². The molecule has 2 aromatic heterocycles. The first-order valence-corrected chi connectivity index (χ1v) is 12.7. The molecular formula is C29H30FN5O. The maximum Gasteiger partial charge on any atom is 0.317 e. The summed E-state index contributed by atoms with van der Waals surface area (Å²) in [5.41, 5.74) is 5.48. The van der Waals surface area contributed by atoms with Crippen molar-refractivity contribution < 1.29 is 9.18 Å². The Morgan fingerprint density at radius 3 is 2.53 bits per heavy atom. The van der Waals surface area contributed by atoms with Crippen LogP contribution in [0.15, 0.2) is 73.1 Å². The average Bonchev–Trinajstić information content (AvgIpc) is 3.51. The van der Waals surface area contributed by atoms with Crippen LogP contribution in [0, 0.1) is 5.82 Å². The zero-order chi connectivity index (χ0) is 24.5. The molecule has 36 heavy (non-hydrogen) atoms. The summed E-state index contributed by atoms with van der Waals surface area (Å²) < 4.78 is 15.8. The Balaban J connectivity index is 1.28. The van der Waals surface area contributed by atoms with Gasteiger partial charge < -0.3 is 19.7 Å². The molecule has 2 saturated heterocycles. The summed E-state index contributed by atoms with van der Waals surface area (Å²) in [5.74, 6) is 0.214. The first kappa shape index (κ1) is 22.7. The van der Waals surface area contributed by atoms with Crippen LogP contribution in [0.1, 0.15) is 24.3 Å². The van der Waals surface area contributed by atoms with Crippen LogP contribution in [0.4, 0.5) is 9.18 Å². The number of nitrogens with zero attached hydrogens (tertiary/aromatic N) is 4. The molecule has 0 radical (unpaired) electrons. The highest BCUT2D eigenvalue weighted by molar-refractivity contribution is 5.90. The molecule has 6 rings (SSSR count). The number of fused-ring (bicyclic) bond motifs is 1. The largest absolute Gasteiger partial charge is 0.336 e. The number of rotatable bonds is 6. The number of hydrogen-bond donors (Lipinski definition) is 1. The molecule has 1 N–H and O–H groups in total. The van der Waals surface area contributed by atoms with Crippen molar-refractivity contribution in [3.8, 4) is 16.9 Å². The number of halogens is 1. The van der Waals surface area contributed by atoms with Gasteiger partial charge in [-0.1, -0.05) is 12.1 Å². The number of piperidine rings is 1. The van der Waals surface area contributed by atoms with Crippen LogP contribution in [0.5, 0.6) is 0 Å². The molecule has 0 saturated carbocycles. The van der Waals surface area contributed by atoms with Gasteiger partial charge in [-0.05, 0) is 85.9 Å². The monoisotopic (exact) mass is 483 g/mol. The van der Waals surface area contributed by atoms with Gasteiger partial charge in [0.2, 0.25) is 0 Å². The van der Waals surface area contributed by atoms with Crippen LogP contribution in [0.25, 0.3) is 27.8 Å². The van der Waals surface area contributed by atoms with Gasteiger partial charge in [0.05, 0.1) is 11.2 Å². The van der Waals surface area contributed by atoms with E-state index in [2.05, 4.69) is 44.2 Å². The van der Waals surface area contributed by atoms with Gasteiger partial charge in [0.25, 0.3) is 0 Å². The number of carbonyl (C=O) groups excluding carboxylic acids is 1. The predicted molar refractivity (Wildman–Crippen MR) is 140 cm³/mol. The molecule has 2 fully saturated rings. The van der Waals surface area contributed by atoms with Crippen molar-refractivity contribution in [3.63, 3.8) is 0 Å². The number of amides is 2. The molecule has 2 amide bonds. The van der Waals surface area contributed by atoms with E-state index >= 15 is 0 Å². The highest BCUT2D eigenvalue weighted by Crippen LogP contribution is 2.37. The molecule has 4 aromatic rings. The molecule has 2 aliphatic heterocycles. The second kappa shape index (κ2) is 9.74.